The molecular weight excluding hydrogens is 338 g/mol. The standard InChI is InChI=1S/C17H21N5O4/c1-24-12-8-11(9-13(25-2)16(12)26-3)18-14-6-7-15(22-21-14)20-17(23)19-10-4-5-10/h6-10H,4-5H2,1-3H3,(H,18,21)(H2,19,20,22,23). The summed E-state index contributed by atoms with van der Waals surface area (Å²) < 4.78 is 15.9. The summed E-state index contributed by atoms with van der Waals surface area (Å²) in [7, 11) is 4.64. The fourth-order valence-corrected chi connectivity index (χ4v) is 2.33. The van der Waals surface area contributed by atoms with Gasteiger partial charge in [-0.15, -0.1) is 10.2 Å². The van der Waals surface area contributed by atoms with Crippen molar-refractivity contribution in [1.82, 2.24) is 15.5 Å². The van der Waals surface area contributed by atoms with E-state index >= 15 is 0 Å². The van der Waals surface area contributed by atoms with E-state index in [1.165, 1.54) is 0 Å². The number of hydrogen-bond acceptors (Lipinski definition) is 7. The molecule has 1 aliphatic carbocycles. The van der Waals surface area contributed by atoms with Crippen LogP contribution in [0.4, 0.5) is 22.1 Å². The summed E-state index contributed by atoms with van der Waals surface area (Å²) in [5.74, 6) is 2.44. The fourth-order valence-electron chi connectivity index (χ4n) is 2.33. The van der Waals surface area contributed by atoms with Crippen LogP contribution in [0.3, 0.4) is 0 Å². The van der Waals surface area contributed by atoms with Crippen LogP contribution in [0.2, 0.25) is 0 Å². The van der Waals surface area contributed by atoms with E-state index in [4.69, 9.17) is 14.2 Å². The number of hydrogen-bond donors (Lipinski definition) is 3. The number of rotatable bonds is 7. The number of carbonyl (C=O) groups excluding carboxylic acids is 1. The van der Waals surface area contributed by atoms with Gasteiger partial charge >= 0.3 is 6.03 Å². The van der Waals surface area contributed by atoms with Crippen molar-refractivity contribution in [3.63, 3.8) is 0 Å². The zero-order chi connectivity index (χ0) is 18.5. The zero-order valence-electron chi connectivity index (χ0n) is 14.8. The number of nitrogens with one attached hydrogen (secondary N) is 3. The molecule has 1 aromatic carbocycles. The lowest BCUT2D eigenvalue weighted by Crippen LogP contribution is -2.30. The van der Waals surface area contributed by atoms with E-state index in [0.717, 1.165) is 12.8 Å². The second-order valence-electron chi connectivity index (χ2n) is 5.72. The SMILES string of the molecule is COc1cc(Nc2ccc(NC(=O)NC3CC3)nn2)cc(OC)c1OC. The second-order valence-corrected chi connectivity index (χ2v) is 5.72. The molecule has 1 fully saturated rings. The van der Waals surface area contributed by atoms with Crippen LogP contribution in [0.5, 0.6) is 17.2 Å². The van der Waals surface area contributed by atoms with E-state index in [2.05, 4.69) is 26.1 Å². The Balaban J connectivity index is 1.69. The summed E-state index contributed by atoms with van der Waals surface area (Å²) in [5, 5.41) is 16.6. The van der Waals surface area contributed by atoms with Crippen molar-refractivity contribution in [2.45, 2.75) is 18.9 Å². The van der Waals surface area contributed by atoms with Gasteiger partial charge in [0.15, 0.2) is 23.1 Å². The number of anilines is 3. The Morgan fingerprint density at radius 1 is 1.00 bits per heavy atom. The molecule has 1 saturated carbocycles. The van der Waals surface area contributed by atoms with Gasteiger partial charge in [0.25, 0.3) is 0 Å². The highest BCUT2D eigenvalue weighted by atomic mass is 16.5. The van der Waals surface area contributed by atoms with Crippen molar-refractivity contribution < 1.29 is 19.0 Å². The normalized spacial score (nSPS) is 12.9. The first-order chi connectivity index (χ1) is 12.6. The lowest BCUT2D eigenvalue weighted by atomic mass is 10.2. The number of ether oxygens (including phenoxy) is 3. The summed E-state index contributed by atoms with van der Waals surface area (Å²) in [6.07, 6.45) is 2.05. The first-order valence-electron chi connectivity index (χ1n) is 8.11. The largest absolute Gasteiger partial charge is 0.493 e. The van der Waals surface area contributed by atoms with Gasteiger partial charge in [0.1, 0.15) is 0 Å². The number of carbonyl (C=O) groups is 1. The Labute approximate surface area is 151 Å². The van der Waals surface area contributed by atoms with Crippen molar-refractivity contribution in [1.29, 1.82) is 0 Å². The molecule has 1 aliphatic rings. The molecule has 0 radical (unpaired) electrons. The molecule has 0 atom stereocenters. The smallest absolute Gasteiger partial charge is 0.320 e. The van der Waals surface area contributed by atoms with Crippen molar-refractivity contribution in [2.75, 3.05) is 32.0 Å². The highest BCUT2D eigenvalue weighted by Crippen LogP contribution is 2.40. The third-order valence-electron chi connectivity index (χ3n) is 3.76. The van der Waals surface area contributed by atoms with Gasteiger partial charge in [-0.3, -0.25) is 5.32 Å². The van der Waals surface area contributed by atoms with Gasteiger partial charge in [-0.25, -0.2) is 4.79 Å². The molecule has 1 aromatic heterocycles. The van der Waals surface area contributed by atoms with Gasteiger partial charge in [-0.2, -0.15) is 0 Å². The van der Waals surface area contributed by atoms with Gasteiger partial charge in [-0.1, -0.05) is 0 Å². The molecule has 9 heteroatoms. The molecule has 3 N–H and O–H groups in total. The van der Waals surface area contributed by atoms with Crippen LogP contribution < -0.4 is 30.2 Å². The molecule has 26 heavy (non-hydrogen) atoms. The lowest BCUT2D eigenvalue weighted by molar-refractivity contribution is 0.251. The van der Waals surface area contributed by atoms with Crippen molar-refractivity contribution in [2.24, 2.45) is 0 Å². The number of amides is 2. The van der Waals surface area contributed by atoms with Crippen LogP contribution in [0.25, 0.3) is 0 Å². The minimum atomic E-state index is -0.271. The molecule has 3 rings (SSSR count). The number of urea groups is 1. The third-order valence-corrected chi connectivity index (χ3v) is 3.76. The highest BCUT2D eigenvalue weighted by molar-refractivity contribution is 5.88. The maximum absolute atomic E-state index is 11.7. The summed E-state index contributed by atoms with van der Waals surface area (Å²) in [6.45, 7) is 0. The highest BCUT2D eigenvalue weighted by Gasteiger charge is 2.23. The predicted molar refractivity (Wildman–Crippen MR) is 96.6 cm³/mol. The number of benzene rings is 1. The predicted octanol–water partition coefficient (Wildman–Crippen LogP) is 2.53. The van der Waals surface area contributed by atoms with E-state index in [-0.39, 0.29) is 12.1 Å². The van der Waals surface area contributed by atoms with Crippen molar-refractivity contribution >= 4 is 23.4 Å². The van der Waals surface area contributed by atoms with Gasteiger partial charge in [-0.05, 0) is 25.0 Å². The molecular formula is C17H21N5O4. The maximum atomic E-state index is 11.7. The number of aromatic nitrogens is 2. The molecule has 2 amide bonds. The Morgan fingerprint density at radius 3 is 2.12 bits per heavy atom. The van der Waals surface area contributed by atoms with E-state index in [1.54, 1.807) is 45.6 Å². The van der Waals surface area contributed by atoms with E-state index in [1.807, 2.05) is 0 Å². The number of nitrogens with zero attached hydrogens (tertiary/aromatic N) is 2. The van der Waals surface area contributed by atoms with Gasteiger partial charge < -0.3 is 24.8 Å². The Hall–Kier alpha value is -3.23. The van der Waals surface area contributed by atoms with Crippen LogP contribution in [0.15, 0.2) is 24.3 Å². The Bertz CT molecular complexity index is 752. The molecule has 138 valence electrons. The third kappa shape index (κ3) is 4.24. The molecule has 0 unspecified atom stereocenters. The summed E-state index contributed by atoms with van der Waals surface area (Å²) in [5.41, 5.74) is 0.695. The monoisotopic (exact) mass is 359 g/mol. The first-order valence-corrected chi connectivity index (χ1v) is 8.11. The van der Waals surface area contributed by atoms with E-state index in [0.29, 0.717) is 34.6 Å². The zero-order valence-corrected chi connectivity index (χ0v) is 14.8. The maximum Gasteiger partial charge on any atom is 0.320 e. The van der Waals surface area contributed by atoms with Crippen LogP contribution in [0.1, 0.15) is 12.8 Å². The molecule has 1 heterocycles. The molecule has 0 saturated heterocycles. The summed E-state index contributed by atoms with van der Waals surface area (Å²) in [6, 6.07) is 6.91. The van der Waals surface area contributed by atoms with E-state index < -0.39 is 0 Å². The molecule has 9 nitrogen and oxygen atoms in total. The second kappa shape index (κ2) is 7.77. The van der Waals surface area contributed by atoms with Crippen LogP contribution in [0, 0.1) is 0 Å². The molecule has 0 spiro atoms. The summed E-state index contributed by atoms with van der Waals surface area (Å²) in [4.78, 5) is 11.7. The Morgan fingerprint density at radius 2 is 1.62 bits per heavy atom. The number of methoxy groups -OCH3 is 3. The molecule has 0 bridgehead atoms. The summed E-state index contributed by atoms with van der Waals surface area (Å²) >= 11 is 0. The van der Waals surface area contributed by atoms with Gasteiger partial charge in [0, 0.05) is 23.9 Å². The molecule has 0 aliphatic heterocycles. The van der Waals surface area contributed by atoms with Crippen LogP contribution >= 0.6 is 0 Å². The van der Waals surface area contributed by atoms with E-state index in [9.17, 15) is 4.79 Å². The van der Waals surface area contributed by atoms with Crippen molar-refractivity contribution in [3.8, 4) is 17.2 Å². The van der Waals surface area contributed by atoms with Crippen LogP contribution in [-0.4, -0.2) is 43.6 Å². The van der Waals surface area contributed by atoms with Gasteiger partial charge in [0.2, 0.25) is 5.75 Å². The Kier molecular flexibility index (Phi) is 5.26. The quantitative estimate of drug-likeness (QED) is 0.697. The van der Waals surface area contributed by atoms with Crippen LogP contribution in [-0.2, 0) is 0 Å². The lowest BCUT2D eigenvalue weighted by Gasteiger charge is -2.14. The topological polar surface area (TPSA) is 107 Å². The minimum absolute atomic E-state index is 0.271. The first kappa shape index (κ1) is 17.6. The average Bonchev–Trinajstić information content (AvgIpc) is 3.46. The fraction of sp³-hybridized carbons (Fsp3) is 0.353. The minimum Gasteiger partial charge on any atom is -0.493 e. The van der Waals surface area contributed by atoms with Gasteiger partial charge in [0.05, 0.1) is 21.3 Å². The van der Waals surface area contributed by atoms with Crippen molar-refractivity contribution in [3.05, 3.63) is 24.3 Å². The average molecular weight is 359 g/mol. The molecule has 2 aromatic rings.